The van der Waals surface area contributed by atoms with Crippen molar-refractivity contribution in [1.29, 1.82) is 0 Å². The third-order valence-corrected chi connectivity index (χ3v) is 7.11. The zero-order valence-corrected chi connectivity index (χ0v) is 23.5. The molecule has 2 aliphatic heterocycles. The van der Waals surface area contributed by atoms with Crippen LogP contribution in [0.2, 0.25) is 0 Å². The van der Waals surface area contributed by atoms with Gasteiger partial charge in [-0.3, -0.25) is 23.9 Å². The van der Waals surface area contributed by atoms with Crippen molar-refractivity contribution in [2.24, 2.45) is 0 Å². The fourth-order valence-electron chi connectivity index (χ4n) is 5.06. The first-order valence-electron chi connectivity index (χ1n) is 13.6. The summed E-state index contributed by atoms with van der Waals surface area (Å²) in [4.78, 5) is 61.8. The fraction of sp³-hybridized carbons (Fsp3) is 0.407. The van der Waals surface area contributed by atoms with E-state index in [0.717, 1.165) is 17.0 Å². The first-order chi connectivity index (χ1) is 20.7. The minimum Gasteiger partial charge on any atom is -0.450 e. The van der Waals surface area contributed by atoms with Gasteiger partial charge in [-0.25, -0.2) is 23.4 Å². The molecule has 4 heterocycles. The average molecular weight is 601 g/mol. The molecule has 1 aromatic carbocycles. The number of halogens is 2. The molecule has 4 amide bonds. The summed E-state index contributed by atoms with van der Waals surface area (Å²) >= 11 is 0. The lowest BCUT2D eigenvalue weighted by Gasteiger charge is -2.36. The number of benzene rings is 1. The van der Waals surface area contributed by atoms with Crippen molar-refractivity contribution in [2.45, 2.75) is 20.0 Å². The lowest BCUT2D eigenvalue weighted by molar-refractivity contribution is -0.130. The molecule has 0 radical (unpaired) electrons. The van der Waals surface area contributed by atoms with E-state index < -0.39 is 35.8 Å². The van der Waals surface area contributed by atoms with E-state index in [1.54, 1.807) is 24.4 Å². The molecule has 228 valence electrons. The summed E-state index contributed by atoms with van der Waals surface area (Å²) in [5, 5.41) is 5.08. The zero-order chi connectivity index (χ0) is 30.7. The van der Waals surface area contributed by atoms with E-state index in [4.69, 9.17) is 9.47 Å². The van der Waals surface area contributed by atoms with E-state index in [9.17, 15) is 19.2 Å². The Morgan fingerprint density at radius 1 is 1.12 bits per heavy atom. The summed E-state index contributed by atoms with van der Waals surface area (Å²) in [6, 6.07) is 2.10. The van der Waals surface area contributed by atoms with E-state index in [1.807, 2.05) is 0 Å². The van der Waals surface area contributed by atoms with Crippen LogP contribution in [0.4, 0.5) is 29.7 Å². The van der Waals surface area contributed by atoms with E-state index >= 15 is 8.78 Å². The van der Waals surface area contributed by atoms with Crippen molar-refractivity contribution in [3.8, 4) is 0 Å². The highest BCUT2D eigenvalue weighted by Crippen LogP contribution is 2.31. The molecule has 16 heteroatoms. The molecule has 0 spiro atoms. The summed E-state index contributed by atoms with van der Waals surface area (Å²) in [7, 11) is 0. The zero-order valence-electron chi connectivity index (χ0n) is 23.5. The molecule has 3 aromatic rings. The van der Waals surface area contributed by atoms with Gasteiger partial charge in [0.05, 0.1) is 43.8 Å². The molecule has 2 saturated heterocycles. The van der Waals surface area contributed by atoms with Crippen molar-refractivity contribution in [3.63, 3.8) is 0 Å². The Morgan fingerprint density at radius 2 is 1.84 bits per heavy atom. The third-order valence-electron chi connectivity index (χ3n) is 7.11. The second-order valence-electron chi connectivity index (χ2n) is 9.88. The Bertz CT molecular complexity index is 1530. The molecule has 2 fully saturated rings. The summed E-state index contributed by atoms with van der Waals surface area (Å²) in [5.74, 6) is -2.55. The molecule has 1 atom stereocenters. The number of aromatic nitrogens is 3. The van der Waals surface area contributed by atoms with Crippen molar-refractivity contribution < 1.29 is 37.4 Å². The maximum absolute atomic E-state index is 15.2. The largest absolute Gasteiger partial charge is 0.450 e. The predicted octanol–water partition coefficient (Wildman–Crippen LogP) is 1.47. The van der Waals surface area contributed by atoms with Gasteiger partial charge < -0.3 is 29.9 Å². The number of nitrogens with zero attached hydrogens (tertiary/aromatic N) is 6. The number of hydrogen-bond acceptors (Lipinski definition) is 9. The van der Waals surface area contributed by atoms with Gasteiger partial charge in [-0.1, -0.05) is 0 Å². The summed E-state index contributed by atoms with van der Waals surface area (Å²) in [5.41, 5.74) is 1.01. The highest BCUT2D eigenvalue weighted by Gasteiger charge is 2.34. The summed E-state index contributed by atoms with van der Waals surface area (Å²) in [6.45, 7) is 3.90. The number of carbonyl (C=O) groups excluding carboxylic acids is 4. The molecule has 2 aromatic heterocycles. The highest BCUT2D eigenvalue weighted by molar-refractivity contribution is 5.97. The molecular weight excluding hydrogens is 570 g/mol. The van der Waals surface area contributed by atoms with Gasteiger partial charge in [-0.2, -0.15) is 0 Å². The predicted molar refractivity (Wildman–Crippen MR) is 148 cm³/mol. The Balaban J connectivity index is 1.15. The Kier molecular flexibility index (Phi) is 8.54. The molecule has 2 aliphatic rings. The quantitative estimate of drug-likeness (QED) is 0.392. The Morgan fingerprint density at radius 3 is 2.53 bits per heavy atom. The van der Waals surface area contributed by atoms with Crippen LogP contribution >= 0.6 is 0 Å². The SMILES string of the molecule is CCOC(=O)NCC1CN(c2cc(F)c(N3CCN(C(=O)CNC(=O)c4c(C)nc5cnccn45)CC3)c(F)c2)C(=O)O1. The van der Waals surface area contributed by atoms with E-state index in [-0.39, 0.29) is 69.7 Å². The van der Waals surface area contributed by atoms with Gasteiger partial charge in [0.2, 0.25) is 5.91 Å². The van der Waals surface area contributed by atoms with Crippen LogP contribution in [0.25, 0.3) is 5.65 Å². The molecule has 0 aliphatic carbocycles. The Labute approximate surface area is 244 Å². The molecule has 2 N–H and O–H groups in total. The first kappa shape index (κ1) is 29.5. The number of aryl methyl sites for hydroxylation is 1. The van der Waals surface area contributed by atoms with Crippen LogP contribution in [0.3, 0.4) is 0 Å². The number of nitrogens with one attached hydrogen (secondary N) is 2. The first-order valence-corrected chi connectivity index (χ1v) is 13.6. The lowest BCUT2D eigenvalue weighted by atomic mass is 10.2. The standard InChI is InChI=1S/C27H30F2N8O6/c1-3-42-26(40)32-12-18-15-37(27(41)43-18)17-10-19(28)24(20(29)11-17)35-8-6-34(7-9-35)22(38)14-31-25(39)23-16(2)33-21-13-30-4-5-36(21)23/h4-5,10-11,13,18H,3,6-9,12,14-15H2,1-2H3,(H,31,39)(H,32,40). The van der Waals surface area contributed by atoms with Crippen LogP contribution in [-0.4, -0.2) is 102 Å². The van der Waals surface area contributed by atoms with Gasteiger partial charge in [-0.05, 0) is 13.8 Å². The number of hydrogen-bond donors (Lipinski definition) is 2. The number of ether oxygens (including phenoxy) is 2. The number of piperazine rings is 1. The lowest BCUT2D eigenvalue weighted by Crippen LogP contribution is -2.51. The Hall–Kier alpha value is -5.02. The molecule has 14 nitrogen and oxygen atoms in total. The van der Waals surface area contributed by atoms with Gasteiger partial charge in [0.15, 0.2) is 17.3 Å². The molecule has 0 saturated carbocycles. The number of rotatable bonds is 8. The van der Waals surface area contributed by atoms with E-state index in [1.165, 1.54) is 22.2 Å². The fourth-order valence-corrected chi connectivity index (χ4v) is 5.06. The molecule has 0 bridgehead atoms. The van der Waals surface area contributed by atoms with Crippen molar-refractivity contribution in [1.82, 2.24) is 29.9 Å². The van der Waals surface area contributed by atoms with Crippen LogP contribution in [-0.2, 0) is 14.3 Å². The van der Waals surface area contributed by atoms with Gasteiger partial charge >= 0.3 is 12.2 Å². The normalized spacial score (nSPS) is 16.8. The van der Waals surface area contributed by atoms with Gasteiger partial charge in [-0.15, -0.1) is 0 Å². The van der Waals surface area contributed by atoms with Crippen LogP contribution in [0.5, 0.6) is 0 Å². The smallest absolute Gasteiger partial charge is 0.414 e. The topological polar surface area (TPSA) is 151 Å². The van der Waals surface area contributed by atoms with Gasteiger partial charge in [0, 0.05) is 50.7 Å². The highest BCUT2D eigenvalue weighted by atomic mass is 19.1. The van der Waals surface area contributed by atoms with Crippen LogP contribution in [0.15, 0.2) is 30.7 Å². The third kappa shape index (κ3) is 6.27. The number of fused-ring (bicyclic) bond motifs is 1. The van der Waals surface area contributed by atoms with Gasteiger partial charge in [0.1, 0.15) is 17.5 Å². The number of carbonyl (C=O) groups is 4. The van der Waals surface area contributed by atoms with Crippen molar-refractivity contribution >= 4 is 41.0 Å². The monoisotopic (exact) mass is 600 g/mol. The maximum Gasteiger partial charge on any atom is 0.414 e. The van der Waals surface area contributed by atoms with E-state index in [0.29, 0.717) is 17.0 Å². The maximum atomic E-state index is 15.2. The minimum atomic E-state index is -0.874. The van der Waals surface area contributed by atoms with Crippen LogP contribution in [0, 0.1) is 18.6 Å². The minimum absolute atomic E-state index is 0.0190. The number of amides is 4. The van der Waals surface area contributed by atoms with E-state index in [2.05, 4.69) is 20.6 Å². The van der Waals surface area contributed by atoms with Crippen LogP contribution < -0.4 is 20.4 Å². The van der Waals surface area contributed by atoms with Gasteiger partial charge in [0.25, 0.3) is 5.91 Å². The van der Waals surface area contributed by atoms with Crippen LogP contribution in [0.1, 0.15) is 23.1 Å². The summed E-state index contributed by atoms with van der Waals surface area (Å²) in [6.07, 6.45) is 2.47. The second-order valence-corrected chi connectivity index (χ2v) is 9.88. The second kappa shape index (κ2) is 12.5. The molecular formula is C27H30F2N8O6. The number of anilines is 2. The average Bonchev–Trinajstić information content (AvgIpc) is 3.53. The number of cyclic esters (lactones) is 1. The summed E-state index contributed by atoms with van der Waals surface area (Å²) < 4.78 is 41.9. The van der Waals surface area contributed by atoms with Crippen molar-refractivity contribution in [2.75, 3.05) is 62.2 Å². The number of alkyl carbamates (subject to hydrolysis) is 1. The molecule has 1 unspecified atom stereocenters. The van der Waals surface area contributed by atoms with Crippen molar-refractivity contribution in [3.05, 3.63) is 53.7 Å². The molecule has 43 heavy (non-hydrogen) atoms. The number of imidazole rings is 1. The molecule has 5 rings (SSSR count).